The molecule has 0 radical (unpaired) electrons. The highest BCUT2D eigenvalue weighted by atomic mass is 32.2. The van der Waals surface area contributed by atoms with Crippen LogP contribution in [0.25, 0.3) is 0 Å². The highest BCUT2D eigenvalue weighted by molar-refractivity contribution is 7.92. The molecule has 80 valence electrons. The zero-order valence-electron chi connectivity index (χ0n) is 7.72. The highest BCUT2D eigenvalue weighted by Gasteiger charge is 2.41. The second-order valence-corrected chi connectivity index (χ2v) is 6.20. The van der Waals surface area contributed by atoms with Crippen molar-refractivity contribution in [1.82, 2.24) is 4.90 Å². The third-order valence-corrected chi connectivity index (χ3v) is 4.76. The van der Waals surface area contributed by atoms with Gasteiger partial charge in [0.05, 0.1) is 17.4 Å². The van der Waals surface area contributed by atoms with Gasteiger partial charge in [-0.15, -0.1) is 0 Å². The van der Waals surface area contributed by atoms with E-state index < -0.39 is 15.8 Å². The Balaban J connectivity index is 1.89. The molecule has 0 bridgehead atoms. The maximum absolute atomic E-state index is 10.9. The molecule has 0 aliphatic carbocycles. The van der Waals surface area contributed by atoms with E-state index in [0.717, 1.165) is 6.54 Å². The molecule has 14 heavy (non-hydrogen) atoms. The third-order valence-electron chi connectivity index (χ3n) is 2.98. The number of likely N-dealkylation sites (tertiary alicyclic amines) is 1. The lowest BCUT2D eigenvalue weighted by Gasteiger charge is -2.34. The summed E-state index contributed by atoms with van der Waals surface area (Å²) in [5.74, 6) is -0.661. The summed E-state index contributed by atoms with van der Waals surface area (Å²) in [6.07, 6.45) is 0.645. The van der Waals surface area contributed by atoms with Crippen LogP contribution in [-0.4, -0.2) is 55.0 Å². The first kappa shape index (κ1) is 9.92. The average molecular weight is 219 g/mol. The minimum Gasteiger partial charge on any atom is -0.481 e. The summed E-state index contributed by atoms with van der Waals surface area (Å²) in [6.45, 7) is 1.23. The van der Waals surface area contributed by atoms with Gasteiger partial charge >= 0.3 is 5.97 Å². The number of rotatable bonds is 2. The molecule has 2 saturated heterocycles. The summed E-state index contributed by atoms with van der Waals surface area (Å²) in [7, 11) is -2.79. The molecule has 2 heterocycles. The number of sulfone groups is 1. The topological polar surface area (TPSA) is 74.7 Å². The number of hydrogen-bond donors (Lipinski definition) is 1. The zero-order valence-corrected chi connectivity index (χ0v) is 8.53. The number of aliphatic carboxylic acids is 1. The normalized spacial score (nSPS) is 32.7. The third kappa shape index (κ3) is 1.76. The van der Waals surface area contributed by atoms with Crippen molar-refractivity contribution < 1.29 is 18.3 Å². The standard InChI is InChI=1S/C8H13NO4S/c10-8(11)6-1-2-9(3-6)7-4-14(12,13)5-7/h6-7H,1-5H2,(H,10,11). The average Bonchev–Trinajstić information content (AvgIpc) is 2.47. The van der Waals surface area contributed by atoms with E-state index in [-0.39, 0.29) is 23.5 Å². The van der Waals surface area contributed by atoms with Crippen LogP contribution in [0.5, 0.6) is 0 Å². The lowest BCUT2D eigenvalue weighted by Crippen LogP contribution is -2.52. The van der Waals surface area contributed by atoms with Gasteiger partial charge < -0.3 is 5.11 Å². The van der Waals surface area contributed by atoms with Crippen LogP contribution in [0.2, 0.25) is 0 Å². The van der Waals surface area contributed by atoms with E-state index in [1.165, 1.54) is 0 Å². The molecule has 1 atom stereocenters. The number of hydrogen-bond acceptors (Lipinski definition) is 4. The van der Waals surface area contributed by atoms with Gasteiger partial charge in [-0.2, -0.15) is 0 Å². The van der Waals surface area contributed by atoms with Gasteiger partial charge in [0.1, 0.15) is 0 Å². The number of carboxylic acid groups (broad SMARTS) is 1. The Labute approximate surface area is 82.6 Å². The van der Waals surface area contributed by atoms with Gasteiger partial charge in [0.25, 0.3) is 0 Å². The molecule has 6 heteroatoms. The Bertz CT molecular complexity index is 338. The van der Waals surface area contributed by atoms with Gasteiger partial charge in [-0.1, -0.05) is 0 Å². The first-order valence-electron chi connectivity index (χ1n) is 4.65. The van der Waals surface area contributed by atoms with Crippen molar-refractivity contribution >= 4 is 15.8 Å². The first-order valence-corrected chi connectivity index (χ1v) is 6.47. The smallest absolute Gasteiger partial charge is 0.307 e. The van der Waals surface area contributed by atoms with Gasteiger partial charge in [-0.05, 0) is 13.0 Å². The lowest BCUT2D eigenvalue weighted by molar-refractivity contribution is -0.141. The van der Waals surface area contributed by atoms with Crippen molar-refractivity contribution in [3.63, 3.8) is 0 Å². The van der Waals surface area contributed by atoms with E-state index in [1.54, 1.807) is 0 Å². The fourth-order valence-electron chi connectivity index (χ4n) is 2.07. The molecule has 0 aromatic rings. The van der Waals surface area contributed by atoms with Gasteiger partial charge in [-0.3, -0.25) is 9.69 Å². The molecule has 0 spiro atoms. The number of carboxylic acids is 1. The Hall–Kier alpha value is -0.620. The minimum absolute atomic E-state index is 0.0735. The SMILES string of the molecule is O=C(O)C1CCN(C2CS(=O)(=O)C2)C1. The maximum atomic E-state index is 10.9. The summed E-state index contributed by atoms with van der Waals surface area (Å²) in [5, 5.41) is 8.76. The van der Waals surface area contributed by atoms with Crippen LogP contribution in [-0.2, 0) is 14.6 Å². The van der Waals surface area contributed by atoms with Crippen molar-refractivity contribution in [3.05, 3.63) is 0 Å². The molecule has 1 N–H and O–H groups in total. The van der Waals surface area contributed by atoms with Crippen molar-refractivity contribution in [2.75, 3.05) is 24.6 Å². The number of carbonyl (C=O) groups is 1. The molecule has 0 aromatic carbocycles. The van der Waals surface area contributed by atoms with Crippen molar-refractivity contribution in [1.29, 1.82) is 0 Å². The summed E-state index contributed by atoms with van der Waals surface area (Å²) in [5.41, 5.74) is 0. The van der Waals surface area contributed by atoms with Crippen LogP contribution < -0.4 is 0 Å². The predicted octanol–water partition coefficient (Wildman–Crippen LogP) is -0.810. The van der Waals surface area contributed by atoms with E-state index >= 15 is 0 Å². The van der Waals surface area contributed by atoms with E-state index in [9.17, 15) is 13.2 Å². The fourth-order valence-corrected chi connectivity index (χ4v) is 3.57. The van der Waals surface area contributed by atoms with E-state index in [2.05, 4.69) is 0 Å². The molecule has 0 amide bonds. The van der Waals surface area contributed by atoms with E-state index in [1.807, 2.05) is 4.90 Å². The van der Waals surface area contributed by atoms with E-state index in [0.29, 0.717) is 13.0 Å². The Kier molecular flexibility index (Phi) is 2.27. The van der Waals surface area contributed by atoms with Crippen molar-refractivity contribution in [2.24, 2.45) is 5.92 Å². The summed E-state index contributed by atoms with van der Waals surface area (Å²) >= 11 is 0. The van der Waals surface area contributed by atoms with Crippen molar-refractivity contribution in [2.45, 2.75) is 12.5 Å². The zero-order chi connectivity index (χ0) is 10.3. The molecule has 0 aromatic heterocycles. The quantitative estimate of drug-likeness (QED) is 0.657. The monoisotopic (exact) mass is 219 g/mol. The molecule has 2 aliphatic rings. The van der Waals surface area contributed by atoms with Crippen LogP contribution in [0.1, 0.15) is 6.42 Å². The fraction of sp³-hybridized carbons (Fsp3) is 0.875. The van der Waals surface area contributed by atoms with E-state index in [4.69, 9.17) is 5.11 Å². The molecule has 1 unspecified atom stereocenters. The summed E-state index contributed by atoms with van der Waals surface area (Å²) in [6, 6.07) is 0.0735. The van der Waals surface area contributed by atoms with Crippen LogP contribution in [0.3, 0.4) is 0 Å². The minimum atomic E-state index is -2.79. The summed E-state index contributed by atoms with van der Waals surface area (Å²) in [4.78, 5) is 12.6. The molecular weight excluding hydrogens is 206 g/mol. The number of nitrogens with zero attached hydrogens (tertiary/aromatic N) is 1. The van der Waals surface area contributed by atoms with Gasteiger partial charge in [0.2, 0.25) is 0 Å². The predicted molar refractivity (Wildman–Crippen MR) is 49.8 cm³/mol. The molecule has 5 nitrogen and oxygen atoms in total. The van der Waals surface area contributed by atoms with Gasteiger partial charge in [-0.25, -0.2) is 8.42 Å². The largest absolute Gasteiger partial charge is 0.481 e. The molecule has 2 rings (SSSR count). The maximum Gasteiger partial charge on any atom is 0.307 e. The second kappa shape index (κ2) is 3.20. The summed E-state index contributed by atoms with van der Waals surface area (Å²) < 4.78 is 21.9. The van der Waals surface area contributed by atoms with Crippen molar-refractivity contribution in [3.8, 4) is 0 Å². The Morgan fingerprint density at radius 3 is 2.43 bits per heavy atom. The van der Waals surface area contributed by atoms with Crippen LogP contribution in [0.15, 0.2) is 0 Å². The second-order valence-electron chi connectivity index (χ2n) is 4.05. The van der Waals surface area contributed by atoms with Crippen LogP contribution in [0, 0.1) is 5.92 Å². The Morgan fingerprint density at radius 2 is 2.00 bits per heavy atom. The van der Waals surface area contributed by atoms with Crippen LogP contribution in [0.4, 0.5) is 0 Å². The molecular formula is C8H13NO4S. The molecule has 2 fully saturated rings. The Morgan fingerprint density at radius 1 is 1.36 bits per heavy atom. The molecule has 0 saturated carbocycles. The van der Waals surface area contributed by atoms with Gasteiger partial charge in [0.15, 0.2) is 9.84 Å². The highest BCUT2D eigenvalue weighted by Crippen LogP contribution is 2.24. The molecule has 2 aliphatic heterocycles. The first-order chi connectivity index (χ1) is 6.48. The van der Waals surface area contributed by atoms with Gasteiger partial charge in [0, 0.05) is 12.6 Å². The van der Waals surface area contributed by atoms with Crippen LogP contribution >= 0.6 is 0 Å². The lowest BCUT2D eigenvalue weighted by atomic mass is 10.1.